The molecule has 1 aliphatic rings. The Labute approximate surface area is 246 Å². The largest absolute Gasteiger partial charge is 0.378 e. The number of carbonyl (C=O) groups excluding carboxylic acids is 2. The third-order valence-electron chi connectivity index (χ3n) is 6.82. The van der Waals surface area contributed by atoms with Crippen LogP contribution in [0.1, 0.15) is 6.92 Å². The molecule has 11 nitrogen and oxygen atoms in total. The van der Waals surface area contributed by atoms with Gasteiger partial charge in [-0.15, -0.1) is 0 Å². The van der Waals surface area contributed by atoms with E-state index in [1.807, 2.05) is 30.3 Å². The standard InChI is InChI=1S/C31H27FN8O3/c1-19(41)35-27-9-7-24(15-26(27)32)37-31(42)36-23-5-2-20(3-6-23)29-38-28-14-21(22-16-33-18-34-17-22)4-8-25(28)30(39-29)40-10-12-43-13-11-40/h2-9,14-18H,10-13H2,1H3,(H,35,41)(H2,36,37,42). The first-order valence-corrected chi connectivity index (χ1v) is 13.6. The van der Waals surface area contributed by atoms with Crippen LogP contribution in [0, 0.1) is 5.82 Å². The van der Waals surface area contributed by atoms with Gasteiger partial charge in [0, 0.05) is 60.3 Å². The zero-order valence-corrected chi connectivity index (χ0v) is 23.2. The second kappa shape index (κ2) is 12.2. The molecule has 12 heteroatoms. The monoisotopic (exact) mass is 578 g/mol. The summed E-state index contributed by atoms with van der Waals surface area (Å²) in [6, 6.07) is 16.7. The molecule has 5 aromatic rings. The van der Waals surface area contributed by atoms with Crippen LogP contribution < -0.4 is 20.9 Å². The number of ether oxygens (including phenoxy) is 1. The average molecular weight is 579 g/mol. The van der Waals surface area contributed by atoms with Gasteiger partial charge >= 0.3 is 6.03 Å². The highest BCUT2D eigenvalue weighted by Gasteiger charge is 2.19. The molecule has 0 saturated carbocycles. The van der Waals surface area contributed by atoms with Gasteiger partial charge in [0.2, 0.25) is 5.91 Å². The van der Waals surface area contributed by atoms with Gasteiger partial charge in [-0.05, 0) is 60.2 Å². The lowest BCUT2D eigenvalue weighted by Gasteiger charge is -2.29. The maximum atomic E-state index is 14.2. The predicted octanol–water partition coefficient (Wildman–Crippen LogP) is 5.33. The van der Waals surface area contributed by atoms with Crippen LogP contribution in [0.5, 0.6) is 0 Å². The number of rotatable bonds is 6. The van der Waals surface area contributed by atoms with Gasteiger partial charge in [-0.3, -0.25) is 4.79 Å². The molecule has 216 valence electrons. The highest BCUT2D eigenvalue weighted by Crippen LogP contribution is 2.31. The summed E-state index contributed by atoms with van der Waals surface area (Å²) in [7, 11) is 0. The molecule has 0 aliphatic carbocycles. The topological polar surface area (TPSA) is 134 Å². The minimum absolute atomic E-state index is 0.0343. The lowest BCUT2D eigenvalue weighted by Crippen LogP contribution is -2.37. The number of urea groups is 1. The van der Waals surface area contributed by atoms with Gasteiger partial charge in [-0.1, -0.05) is 6.07 Å². The minimum atomic E-state index is -0.659. The summed E-state index contributed by atoms with van der Waals surface area (Å²) in [6.07, 6.45) is 5.02. The minimum Gasteiger partial charge on any atom is -0.378 e. The van der Waals surface area contributed by atoms with Crippen LogP contribution in [0.2, 0.25) is 0 Å². The number of benzene rings is 3. The SMILES string of the molecule is CC(=O)Nc1ccc(NC(=O)Nc2ccc(-c3nc(N4CCOCC4)c4ccc(-c5cncnc5)cc4n3)cc2)cc1F. The van der Waals surface area contributed by atoms with Gasteiger partial charge in [-0.25, -0.2) is 29.1 Å². The van der Waals surface area contributed by atoms with Crippen LogP contribution >= 0.6 is 0 Å². The van der Waals surface area contributed by atoms with E-state index in [0.29, 0.717) is 24.7 Å². The van der Waals surface area contributed by atoms with Gasteiger partial charge in [0.15, 0.2) is 5.82 Å². The van der Waals surface area contributed by atoms with Gasteiger partial charge in [-0.2, -0.15) is 0 Å². The molecule has 0 unspecified atom stereocenters. The molecule has 3 heterocycles. The van der Waals surface area contributed by atoms with Crippen LogP contribution in [-0.2, 0) is 9.53 Å². The Kier molecular flexibility index (Phi) is 7.83. The molecule has 0 atom stereocenters. The van der Waals surface area contributed by atoms with Gasteiger partial charge in [0.1, 0.15) is 18.0 Å². The van der Waals surface area contributed by atoms with Crippen molar-refractivity contribution >= 4 is 45.7 Å². The fourth-order valence-corrected chi connectivity index (χ4v) is 4.77. The van der Waals surface area contributed by atoms with Crippen LogP contribution in [0.15, 0.2) is 79.4 Å². The molecule has 3 aromatic carbocycles. The van der Waals surface area contributed by atoms with E-state index in [4.69, 9.17) is 14.7 Å². The Balaban J connectivity index is 1.24. The van der Waals surface area contributed by atoms with E-state index in [1.165, 1.54) is 25.4 Å². The van der Waals surface area contributed by atoms with Crippen molar-refractivity contribution in [3.8, 4) is 22.5 Å². The molecular formula is C31H27FN8O3. The third kappa shape index (κ3) is 6.39. The molecule has 1 fully saturated rings. The highest BCUT2D eigenvalue weighted by molar-refractivity contribution is 6.00. The van der Waals surface area contributed by atoms with Crippen LogP contribution in [0.4, 0.5) is 32.1 Å². The van der Waals surface area contributed by atoms with Crippen molar-refractivity contribution in [1.82, 2.24) is 19.9 Å². The first-order valence-electron chi connectivity index (χ1n) is 13.6. The summed E-state index contributed by atoms with van der Waals surface area (Å²) in [5, 5.41) is 8.65. The molecular weight excluding hydrogens is 551 g/mol. The average Bonchev–Trinajstić information content (AvgIpc) is 3.02. The smallest absolute Gasteiger partial charge is 0.323 e. The second-order valence-corrected chi connectivity index (χ2v) is 9.86. The Morgan fingerprint density at radius 3 is 2.23 bits per heavy atom. The lowest BCUT2D eigenvalue weighted by atomic mass is 10.1. The lowest BCUT2D eigenvalue weighted by molar-refractivity contribution is -0.114. The van der Waals surface area contributed by atoms with E-state index < -0.39 is 11.8 Å². The van der Waals surface area contributed by atoms with Crippen LogP contribution in [0.3, 0.4) is 0 Å². The van der Waals surface area contributed by atoms with E-state index in [2.05, 4.69) is 30.8 Å². The van der Waals surface area contributed by atoms with Crippen LogP contribution in [0.25, 0.3) is 33.4 Å². The summed E-state index contributed by atoms with van der Waals surface area (Å²) in [5.74, 6) is 0.325. The number of morpholine rings is 1. The normalized spacial score (nSPS) is 13.0. The molecule has 43 heavy (non-hydrogen) atoms. The third-order valence-corrected chi connectivity index (χ3v) is 6.82. The maximum Gasteiger partial charge on any atom is 0.323 e. The summed E-state index contributed by atoms with van der Waals surface area (Å²) in [6.45, 7) is 3.97. The van der Waals surface area contributed by atoms with Gasteiger partial charge < -0.3 is 25.6 Å². The van der Waals surface area contributed by atoms with E-state index >= 15 is 0 Å². The zero-order chi connectivity index (χ0) is 29.8. The van der Waals surface area contributed by atoms with E-state index in [1.54, 1.807) is 24.5 Å². The molecule has 0 bridgehead atoms. The van der Waals surface area contributed by atoms with E-state index in [0.717, 1.165) is 52.6 Å². The first kappa shape index (κ1) is 27.7. The number of hydrogen-bond donors (Lipinski definition) is 3. The number of nitrogens with zero attached hydrogens (tertiary/aromatic N) is 5. The number of carbonyl (C=O) groups is 2. The predicted molar refractivity (Wildman–Crippen MR) is 162 cm³/mol. The summed E-state index contributed by atoms with van der Waals surface area (Å²) in [5.41, 5.74) is 4.18. The number of nitrogens with one attached hydrogen (secondary N) is 3. The van der Waals surface area contributed by atoms with E-state index in [9.17, 15) is 14.0 Å². The van der Waals surface area contributed by atoms with Crippen LogP contribution in [-0.4, -0.2) is 58.2 Å². The Hall–Kier alpha value is -5.49. The molecule has 0 spiro atoms. The number of hydrogen-bond acceptors (Lipinski definition) is 8. The second-order valence-electron chi connectivity index (χ2n) is 9.86. The Bertz CT molecular complexity index is 1800. The molecule has 1 saturated heterocycles. The highest BCUT2D eigenvalue weighted by atomic mass is 19.1. The number of aromatic nitrogens is 4. The maximum absolute atomic E-state index is 14.2. The molecule has 6 rings (SSSR count). The Morgan fingerprint density at radius 2 is 1.51 bits per heavy atom. The zero-order valence-electron chi connectivity index (χ0n) is 23.2. The van der Waals surface area contributed by atoms with E-state index in [-0.39, 0.29) is 17.3 Å². The molecule has 2 aromatic heterocycles. The number of anilines is 4. The quantitative estimate of drug-likeness (QED) is 0.246. The first-order chi connectivity index (χ1) is 20.9. The van der Waals surface area contributed by atoms with Crippen molar-refractivity contribution < 1.29 is 18.7 Å². The Morgan fingerprint density at radius 1 is 0.814 bits per heavy atom. The fourth-order valence-electron chi connectivity index (χ4n) is 4.77. The fraction of sp³-hybridized carbons (Fsp3) is 0.161. The van der Waals surface area contributed by atoms with Crippen molar-refractivity contribution in [1.29, 1.82) is 0 Å². The number of amides is 3. The number of fused-ring (bicyclic) bond motifs is 1. The number of halogens is 1. The molecule has 3 amide bonds. The van der Waals surface area contributed by atoms with Crippen molar-refractivity contribution in [2.24, 2.45) is 0 Å². The summed E-state index contributed by atoms with van der Waals surface area (Å²) in [4.78, 5) is 44.1. The summed E-state index contributed by atoms with van der Waals surface area (Å²) < 4.78 is 19.8. The van der Waals surface area contributed by atoms with Crippen molar-refractivity contribution in [3.05, 3.63) is 85.2 Å². The van der Waals surface area contributed by atoms with Crippen molar-refractivity contribution in [2.45, 2.75) is 6.92 Å². The van der Waals surface area contributed by atoms with Gasteiger partial charge in [0.25, 0.3) is 0 Å². The van der Waals surface area contributed by atoms with Crippen molar-refractivity contribution in [2.75, 3.05) is 47.2 Å². The molecule has 3 N–H and O–H groups in total. The molecule has 1 aliphatic heterocycles. The molecule has 0 radical (unpaired) electrons. The van der Waals surface area contributed by atoms with Crippen molar-refractivity contribution in [3.63, 3.8) is 0 Å². The van der Waals surface area contributed by atoms with Gasteiger partial charge in [0.05, 0.1) is 24.4 Å². The summed E-state index contributed by atoms with van der Waals surface area (Å²) >= 11 is 0.